The van der Waals surface area contributed by atoms with Crippen LogP contribution in [0.1, 0.15) is 25.5 Å². The molecule has 2 N–H and O–H groups in total. The average molecular weight is 317 g/mol. The fourth-order valence-electron chi connectivity index (χ4n) is 1.88. The predicted molar refractivity (Wildman–Crippen MR) is 85.3 cm³/mol. The van der Waals surface area contributed by atoms with E-state index in [1.807, 2.05) is 6.92 Å². The lowest BCUT2D eigenvalue weighted by molar-refractivity contribution is -0.121. The lowest BCUT2D eigenvalue weighted by Crippen LogP contribution is -2.17. The summed E-state index contributed by atoms with van der Waals surface area (Å²) in [5.74, 6) is 1.17. The first-order valence-electron chi connectivity index (χ1n) is 7.32. The normalized spacial score (nSPS) is 10.2. The zero-order valence-corrected chi connectivity index (χ0v) is 13.1. The summed E-state index contributed by atoms with van der Waals surface area (Å²) in [5.41, 5.74) is 0.658. The Bertz CT molecular complexity index is 664. The minimum absolute atomic E-state index is 0.0643. The highest BCUT2D eigenvalue weighted by Crippen LogP contribution is 2.16. The van der Waals surface area contributed by atoms with E-state index >= 15 is 0 Å². The maximum Gasteiger partial charge on any atom is 0.226 e. The van der Waals surface area contributed by atoms with Gasteiger partial charge in [-0.15, -0.1) is 0 Å². The molecule has 0 saturated carbocycles. The number of aryl methyl sites for hydroxylation is 1. The zero-order chi connectivity index (χ0) is 16.7. The smallest absolute Gasteiger partial charge is 0.226 e. The molecule has 0 radical (unpaired) electrons. The van der Waals surface area contributed by atoms with Gasteiger partial charge >= 0.3 is 0 Å². The second-order valence-corrected chi connectivity index (χ2v) is 4.88. The molecule has 2 rings (SSSR count). The van der Waals surface area contributed by atoms with Gasteiger partial charge in [0.2, 0.25) is 11.8 Å². The summed E-state index contributed by atoms with van der Waals surface area (Å²) in [6.07, 6.45) is 0.144. The Morgan fingerprint density at radius 1 is 1.13 bits per heavy atom. The van der Waals surface area contributed by atoms with Gasteiger partial charge in [0.15, 0.2) is 5.82 Å². The van der Waals surface area contributed by atoms with Crippen molar-refractivity contribution in [2.24, 2.45) is 0 Å². The molecule has 0 unspecified atom stereocenters. The Morgan fingerprint density at radius 2 is 1.78 bits per heavy atom. The molecule has 0 fully saturated rings. The number of carbonyl (C=O) groups excluding carboxylic acids is 2. The van der Waals surface area contributed by atoms with E-state index in [2.05, 4.69) is 15.8 Å². The number of rotatable bonds is 7. The molecular weight excluding hydrogens is 298 g/mol. The molecule has 0 atom stereocenters. The number of hydrogen-bond donors (Lipinski definition) is 2. The molecule has 7 heteroatoms. The molecule has 0 aliphatic heterocycles. The molecule has 1 aromatic carbocycles. The number of aromatic nitrogens is 1. The number of nitrogens with one attached hydrogen (secondary N) is 2. The van der Waals surface area contributed by atoms with Crippen molar-refractivity contribution in [3.8, 4) is 5.75 Å². The van der Waals surface area contributed by atoms with Gasteiger partial charge in [0.25, 0.3) is 0 Å². The monoisotopic (exact) mass is 317 g/mol. The van der Waals surface area contributed by atoms with Gasteiger partial charge in [-0.3, -0.25) is 9.59 Å². The fourth-order valence-corrected chi connectivity index (χ4v) is 1.88. The van der Waals surface area contributed by atoms with Crippen molar-refractivity contribution >= 4 is 23.3 Å². The molecule has 7 nitrogen and oxygen atoms in total. The van der Waals surface area contributed by atoms with Crippen molar-refractivity contribution in [2.45, 2.75) is 26.7 Å². The summed E-state index contributed by atoms with van der Waals surface area (Å²) in [6, 6.07) is 8.66. The third kappa shape index (κ3) is 5.46. The summed E-state index contributed by atoms with van der Waals surface area (Å²) < 4.78 is 10.2. The molecule has 2 aromatic rings. The summed E-state index contributed by atoms with van der Waals surface area (Å²) in [4.78, 5) is 23.5. The van der Waals surface area contributed by atoms with E-state index in [1.54, 1.807) is 37.3 Å². The zero-order valence-electron chi connectivity index (χ0n) is 13.1. The molecule has 0 saturated heterocycles. The van der Waals surface area contributed by atoms with Crippen LogP contribution in [0, 0.1) is 6.92 Å². The lowest BCUT2D eigenvalue weighted by Gasteiger charge is -2.07. The number of carbonyl (C=O) groups is 2. The van der Waals surface area contributed by atoms with Gasteiger partial charge in [0.05, 0.1) is 6.61 Å². The van der Waals surface area contributed by atoms with Crippen LogP contribution >= 0.6 is 0 Å². The Balaban J connectivity index is 1.74. The van der Waals surface area contributed by atoms with Gasteiger partial charge in [0.1, 0.15) is 11.5 Å². The van der Waals surface area contributed by atoms with Crippen molar-refractivity contribution < 1.29 is 18.8 Å². The second kappa shape index (κ2) is 7.98. The largest absolute Gasteiger partial charge is 0.494 e. The highest BCUT2D eigenvalue weighted by atomic mass is 16.5. The lowest BCUT2D eigenvalue weighted by atomic mass is 10.2. The Morgan fingerprint density at radius 3 is 2.35 bits per heavy atom. The van der Waals surface area contributed by atoms with Crippen molar-refractivity contribution in [3.63, 3.8) is 0 Å². The first kappa shape index (κ1) is 16.5. The fraction of sp³-hybridized carbons (Fsp3) is 0.312. The van der Waals surface area contributed by atoms with Crippen molar-refractivity contribution in [2.75, 3.05) is 17.2 Å². The molecule has 122 valence electrons. The predicted octanol–water partition coefficient (Wildman–Crippen LogP) is 2.74. The van der Waals surface area contributed by atoms with E-state index in [-0.39, 0.29) is 24.7 Å². The number of nitrogens with zero attached hydrogens (tertiary/aromatic N) is 1. The van der Waals surface area contributed by atoms with E-state index in [1.165, 1.54) is 0 Å². The molecule has 23 heavy (non-hydrogen) atoms. The second-order valence-electron chi connectivity index (χ2n) is 4.88. The Labute approximate surface area is 134 Å². The Hall–Kier alpha value is -2.83. The molecule has 1 heterocycles. The third-order valence-electron chi connectivity index (χ3n) is 2.92. The molecule has 0 aliphatic carbocycles. The third-order valence-corrected chi connectivity index (χ3v) is 2.92. The van der Waals surface area contributed by atoms with Crippen LogP contribution < -0.4 is 15.4 Å². The van der Waals surface area contributed by atoms with Crippen LogP contribution in [-0.2, 0) is 9.59 Å². The number of amides is 2. The first-order chi connectivity index (χ1) is 11.1. The van der Waals surface area contributed by atoms with Gasteiger partial charge < -0.3 is 19.9 Å². The van der Waals surface area contributed by atoms with Crippen LogP contribution in [0.15, 0.2) is 34.9 Å². The van der Waals surface area contributed by atoms with Gasteiger partial charge in [-0.1, -0.05) is 5.16 Å². The van der Waals surface area contributed by atoms with E-state index in [0.29, 0.717) is 23.9 Å². The number of anilines is 2. The molecule has 0 aliphatic rings. The molecule has 1 aromatic heterocycles. The summed E-state index contributed by atoms with van der Waals surface area (Å²) >= 11 is 0. The minimum atomic E-state index is -0.292. The maximum absolute atomic E-state index is 11.8. The van der Waals surface area contributed by atoms with E-state index in [0.717, 1.165) is 5.75 Å². The Kier molecular flexibility index (Phi) is 5.74. The van der Waals surface area contributed by atoms with Crippen LogP contribution in [0.25, 0.3) is 0 Å². The number of benzene rings is 1. The summed E-state index contributed by atoms with van der Waals surface area (Å²) in [7, 11) is 0. The molecule has 0 bridgehead atoms. The average Bonchev–Trinajstić information content (AvgIpc) is 2.92. The van der Waals surface area contributed by atoms with E-state index < -0.39 is 0 Å². The first-order valence-corrected chi connectivity index (χ1v) is 7.32. The number of ether oxygens (including phenoxy) is 1. The van der Waals surface area contributed by atoms with Crippen molar-refractivity contribution in [3.05, 3.63) is 36.1 Å². The molecular formula is C16H19N3O4. The topological polar surface area (TPSA) is 93.5 Å². The quantitative estimate of drug-likeness (QED) is 0.819. The SMILES string of the molecule is CCOc1ccc(NC(=O)CCC(=O)Nc2cc(C)on2)cc1. The highest BCUT2D eigenvalue weighted by molar-refractivity contribution is 5.96. The minimum Gasteiger partial charge on any atom is -0.494 e. The van der Waals surface area contributed by atoms with E-state index in [9.17, 15) is 9.59 Å². The summed E-state index contributed by atoms with van der Waals surface area (Å²) in [5, 5.41) is 8.94. The van der Waals surface area contributed by atoms with Crippen molar-refractivity contribution in [1.82, 2.24) is 5.16 Å². The van der Waals surface area contributed by atoms with Gasteiger partial charge in [-0.05, 0) is 38.1 Å². The van der Waals surface area contributed by atoms with Crippen LogP contribution in [0.4, 0.5) is 11.5 Å². The van der Waals surface area contributed by atoms with Gasteiger partial charge in [-0.2, -0.15) is 0 Å². The maximum atomic E-state index is 11.8. The number of hydrogen-bond acceptors (Lipinski definition) is 5. The van der Waals surface area contributed by atoms with Crippen LogP contribution in [0.5, 0.6) is 5.75 Å². The van der Waals surface area contributed by atoms with Crippen LogP contribution in [0.2, 0.25) is 0 Å². The molecule has 2 amide bonds. The van der Waals surface area contributed by atoms with Gasteiger partial charge in [-0.25, -0.2) is 0 Å². The standard InChI is InChI=1S/C16H19N3O4/c1-3-22-13-6-4-12(5-7-13)17-15(20)8-9-16(21)18-14-10-11(2)23-19-14/h4-7,10H,3,8-9H2,1-2H3,(H,17,20)(H,18,19,21). The van der Waals surface area contributed by atoms with Gasteiger partial charge in [0, 0.05) is 24.6 Å². The highest BCUT2D eigenvalue weighted by Gasteiger charge is 2.09. The van der Waals surface area contributed by atoms with Crippen molar-refractivity contribution in [1.29, 1.82) is 0 Å². The van der Waals surface area contributed by atoms with Crippen LogP contribution in [-0.4, -0.2) is 23.6 Å². The molecule has 0 spiro atoms. The summed E-state index contributed by atoms with van der Waals surface area (Å²) in [6.45, 7) is 4.22. The van der Waals surface area contributed by atoms with Crippen LogP contribution in [0.3, 0.4) is 0 Å². The van der Waals surface area contributed by atoms with E-state index in [4.69, 9.17) is 9.26 Å².